The largest absolute Gasteiger partial charge is 0.463 e. The molecule has 0 aromatic carbocycles. The molecule has 3 aliphatic rings. The van der Waals surface area contributed by atoms with Gasteiger partial charge in [0.15, 0.2) is 0 Å². The van der Waals surface area contributed by atoms with Gasteiger partial charge in [-0.15, -0.1) is 0 Å². The van der Waals surface area contributed by atoms with E-state index in [0.29, 0.717) is 36.2 Å². The van der Waals surface area contributed by atoms with Gasteiger partial charge in [0.2, 0.25) is 0 Å². The van der Waals surface area contributed by atoms with E-state index < -0.39 is 0 Å². The monoisotopic (exact) mass is 345 g/mol. The van der Waals surface area contributed by atoms with Crippen LogP contribution in [0.3, 0.4) is 0 Å². The Balaban J connectivity index is 2.04. The number of carbonyl (C=O) groups excluding carboxylic acids is 2. The van der Waals surface area contributed by atoms with Crippen molar-refractivity contribution >= 4 is 11.9 Å². The minimum Gasteiger partial charge on any atom is -0.463 e. The highest BCUT2D eigenvalue weighted by Gasteiger charge is 2.48. The van der Waals surface area contributed by atoms with Crippen molar-refractivity contribution in [3.05, 3.63) is 34.7 Å². The van der Waals surface area contributed by atoms with Crippen LogP contribution in [-0.2, 0) is 19.1 Å². The van der Waals surface area contributed by atoms with E-state index in [1.54, 1.807) is 13.8 Å². The Morgan fingerprint density at radius 3 is 1.96 bits per heavy atom. The molecule has 0 aromatic heterocycles. The number of hydrogen-bond donors (Lipinski definition) is 1. The molecule has 5 nitrogen and oxygen atoms in total. The van der Waals surface area contributed by atoms with Gasteiger partial charge < -0.3 is 14.8 Å². The molecule has 1 saturated carbocycles. The predicted molar refractivity (Wildman–Crippen MR) is 94.1 cm³/mol. The minimum atomic E-state index is -0.335. The third kappa shape index (κ3) is 3.12. The molecule has 1 N–H and O–H groups in total. The Bertz CT molecular complexity index is 633. The van der Waals surface area contributed by atoms with Crippen molar-refractivity contribution in [1.82, 2.24) is 5.32 Å². The molecule has 25 heavy (non-hydrogen) atoms. The maximum absolute atomic E-state index is 12.7. The Kier molecular flexibility index (Phi) is 5.02. The Labute approximate surface area is 149 Å². The summed E-state index contributed by atoms with van der Waals surface area (Å²) in [6, 6.07) is 0. The highest BCUT2D eigenvalue weighted by atomic mass is 16.5. The fourth-order valence-electron chi connectivity index (χ4n) is 4.64. The molecule has 0 amide bonds. The van der Waals surface area contributed by atoms with Gasteiger partial charge in [-0.3, -0.25) is 0 Å². The maximum atomic E-state index is 12.7. The molecular formula is C20H27NO4. The minimum absolute atomic E-state index is 0.237. The summed E-state index contributed by atoms with van der Waals surface area (Å²) in [5, 5.41) is 3.20. The molecule has 0 aromatic rings. The van der Waals surface area contributed by atoms with Crippen LogP contribution in [0.15, 0.2) is 34.7 Å². The van der Waals surface area contributed by atoms with Crippen molar-refractivity contribution in [2.24, 2.45) is 23.7 Å². The van der Waals surface area contributed by atoms with Gasteiger partial charge >= 0.3 is 11.9 Å². The van der Waals surface area contributed by atoms with Crippen LogP contribution in [0, 0.1) is 23.7 Å². The molecule has 136 valence electrons. The summed E-state index contributed by atoms with van der Waals surface area (Å²) in [4.78, 5) is 25.4. The third-order valence-corrected chi connectivity index (χ3v) is 5.55. The quantitative estimate of drug-likeness (QED) is 0.613. The molecule has 3 rings (SSSR count). The first-order valence-corrected chi connectivity index (χ1v) is 9.19. The van der Waals surface area contributed by atoms with Gasteiger partial charge in [0.1, 0.15) is 0 Å². The standard InChI is InChI=1S/C20H27NO4/c1-5-24-19(22)16-11(3)21-12(4)17(20(23)25-6-2)18(16)15-10-13-7-8-14(15)9-13/h7-8,13-15,18,21H,5-6,9-10H2,1-4H3/t13-,14-,15-/m0/s1. The number of carbonyl (C=O) groups is 2. The summed E-state index contributed by atoms with van der Waals surface area (Å²) in [5.41, 5.74) is 2.73. The lowest BCUT2D eigenvalue weighted by Crippen LogP contribution is -2.38. The molecule has 2 aliphatic carbocycles. The van der Waals surface area contributed by atoms with Crippen LogP contribution >= 0.6 is 0 Å². The summed E-state index contributed by atoms with van der Waals surface area (Å²) in [7, 11) is 0. The molecule has 1 aliphatic heterocycles. The van der Waals surface area contributed by atoms with E-state index in [1.807, 2.05) is 13.8 Å². The Hall–Kier alpha value is -2.04. The van der Waals surface area contributed by atoms with Gasteiger partial charge in [0.05, 0.1) is 24.4 Å². The summed E-state index contributed by atoms with van der Waals surface area (Å²) in [5.74, 6) is 0.261. The maximum Gasteiger partial charge on any atom is 0.336 e. The average molecular weight is 345 g/mol. The second-order valence-electron chi connectivity index (χ2n) is 7.07. The van der Waals surface area contributed by atoms with Crippen LogP contribution in [-0.4, -0.2) is 25.2 Å². The van der Waals surface area contributed by atoms with E-state index in [4.69, 9.17) is 9.47 Å². The van der Waals surface area contributed by atoms with Crippen LogP contribution in [0.5, 0.6) is 0 Å². The summed E-state index contributed by atoms with van der Waals surface area (Å²) >= 11 is 0. The van der Waals surface area contributed by atoms with E-state index in [9.17, 15) is 9.59 Å². The second kappa shape index (κ2) is 7.06. The van der Waals surface area contributed by atoms with E-state index in [2.05, 4.69) is 17.5 Å². The van der Waals surface area contributed by atoms with E-state index in [-0.39, 0.29) is 23.8 Å². The number of nitrogens with one attached hydrogen (secondary N) is 1. The molecule has 0 spiro atoms. The molecule has 3 atom stereocenters. The summed E-state index contributed by atoms with van der Waals surface area (Å²) in [6.45, 7) is 7.99. The fourth-order valence-corrected chi connectivity index (χ4v) is 4.64. The second-order valence-corrected chi connectivity index (χ2v) is 7.07. The summed E-state index contributed by atoms with van der Waals surface area (Å²) in [6.07, 6.45) is 6.62. The van der Waals surface area contributed by atoms with Crippen molar-refractivity contribution < 1.29 is 19.1 Å². The number of hydrogen-bond acceptors (Lipinski definition) is 5. The number of rotatable bonds is 5. The Morgan fingerprint density at radius 1 is 1.00 bits per heavy atom. The lowest BCUT2D eigenvalue weighted by molar-refractivity contribution is -0.140. The topological polar surface area (TPSA) is 64.6 Å². The van der Waals surface area contributed by atoms with Gasteiger partial charge in [-0.05, 0) is 58.3 Å². The van der Waals surface area contributed by atoms with Gasteiger partial charge in [0, 0.05) is 17.3 Å². The fraction of sp³-hybridized carbons (Fsp3) is 0.600. The van der Waals surface area contributed by atoms with Crippen LogP contribution in [0.2, 0.25) is 0 Å². The number of allylic oxidation sites excluding steroid dienone is 4. The van der Waals surface area contributed by atoms with E-state index in [0.717, 1.165) is 24.2 Å². The zero-order valence-electron chi connectivity index (χ0n) is 15.4. The first-order chi connectivity index (χ1) is 12.0. The van der Waals surface area contributed by atoms with Crippen LogP contribution in [0.25, 0.3) is 0 Å². The van der Waals surface area contributed by atoms with Gasteiger partial charge in [-0.1, -0.05) is 12.2 Å². The molecule has 1 fully saturated rings. The first-order valence-electron chi connectivity index (χ1n) is 9.19. The lowest BCUT2D eigenvalue weighted by atomic mass is 9.71. The molecule has 1 heterocycles. The molecular weight excluding hydrogens is 318 g/mol. The van der Waals surface area contributed by atoms with Crippen molar-refractivity contribution in [2.75, 3.05) is 13.2 Å². The van der Waals surface area contributed by atoms with Crippen LogP contribution < -0.4 is 5.32 Å². The van der Waals surface area contributed by atoms with Crippen LogP contribution in [0.4, 0.5) is 0 Å². The first kappa shape index (κ1) is 17.8. The van der Waals surface area contributed by atoms with Gasteiger partial charge in [-0.25, -0.2) is 9.59 Å². The molecule has 0 saturated heterocycles. The molecule has 2 bridgehead atoms. The molecule has 0 unspecified atom stereocenters. The molecule has 0 radical (unpaired) electrons. The predicted octanol–water partition coefficient (Wildman–Crippen LogP) is 3.09. The smallest absolute Gasteiger partial charge is 0.336 e. The van der Waals surface area contributed by atoms with Crippen molar-refractivity contribution in [3.63, 3.8) is 0 Å². The van der Waals surface area contributed by atoms with E-state index >= 15 is 0 Å². The van der Waals surface area contributed by atoms with Crippen molar-refractivity contribution in [1.29, 1.82) is 0 Å². The van der Waals surface area contributed by atoms with Crippen molar-refractivity contribution in [2.45, 2.75) is 40.5 Å². The SMILES string of the molecule is CCOC(=O)C1=C(C)NC(C)=C(C(=O)OCC)C1[C@H]1C[C@H]2C=C[C@H]1C2. The zero-order valence-corrected chi connectivity index (χ0v) is 15.4. The van der Waals surface area contributed by atoms with Gasteiger partial charge in [-0.2, -0.15) is 0 Å². The number of dihydropyridines is 1. The highest BCUT2D eigenvalue weighted by Crippen LogP contribution is 2.52. The normalized spacial score (nSPS) is 28.4. The Morgan fingerprint density at radius 2 is 1.56 bits per heavy atom. The summed E-state index contributed by atoms with van der Waals surface area (Å²) < 4.78 is 10.6. The van der Waals surface area contributed by atoms with Crippen molar-refractivity contribution in [3.8, 4) is 0 Å². The van der Waals surface area contributed by atoms with Crippen LogP contribution in [0.1, 0.15) is 40.5 Å². The molecule has 5 heteroatoms. The van der Waals surface area contributed by atoms with Gasteiger partial charge in [0.25, 0.3) is 0 Å². The zero-order chi connectivity index (χ0) is 18.1. The highest BCUT2D eigenvalue weighted by molar-refractivity contribution is 5.98. The van der Waals surface area contributed by atoms with E-state index in [1.165, 1.54) is 0 Å². The number of esters is 2. The lowest BCUT2D eigenvalue weighted by Gasteiger charge is -2.36. The number of fused-ring (bicyclic) bond motifs is 2. The number of ether oxygens (including phenoxy) is 2. The third-order valence-electron chi connectivity index (χ3n) is 5.55. The average Bonchev–Trinajstić information content (AvgIpc) is 3.17.